The lowest BCUT2D eigenvalue weighted by Crippen LogP contribution is -2.31. The molecule has 4 N–H and O–H groups in total. The number of para-hydroxylation sites is 1. The number of rotatable bonds is 6. The van der Waals surface area contributed by atoms with Crippen LogP contribution in [0.1, 0.15) is 16.8 Å². The van der Waals surface area contributed by atoms with Gasteiger partial charge in [0.25, 0.3) is 0 Å². The van der Waals surface area contributed by atoms with E-state index in [1.54, 1.807) is 20.3 Å². The number of benzene rings is 3. The van der Waals surface area contributed by atoms with Crippen LogP contribution in [0.25, 0.3) is 32.9 Å². The Bertz CT molecular complexity index is 1310. The number of aromatic nitrogens is 1. The van der Waals surface area contributed by atoms with Crippen molar-refractivity contribution in [1.29, 1.82) is 0 Å². The first kappa shape index (κ1) is 20.6. The Kier molecular flexibility index (Phi) is 5.48. The van der Waals surface area contributed by atoms with E-state index < -0.39 is 0 Å². The summed E-state index contributed by atoms with van der Waals surface area (Å²) in [5.74, 6) is 1.16. The number of nitrogens with two attached hydrogens (primary N) is 2. The van der Waals surface area contributed by atoms with Gasteiger partial charge in [0.1, 0.15) is 18.5 Å². The zero-order valence-corrected chi connectivity index (χ0v) is 17.9. The molecule has 0 aliphatic carbocycles. The smallest absolute Gasteiger partial charge is 0.214 e. The van der Waals surface area contributed by atoms with Crippen LogP contribution in [0.3, 0.4) is 0 Å². The van der Waals surface area contributed by atoms with Crippen LogP contribution in [0.2, 0.25) is 0 Å². The zero-order valence-electron chi connectivity index (χ0n) is 17.9. The molecular formula is C25H26N3O3+. The summed E-state index contributed by atoms with van der Waals surface area (Å²) in [7, 11) is 5.20. The minimum atomic E-state index is 0.00556. The number of methoxy groups -OCH3 is 2. The monoisotopic (exact) mass is 416 g/mol. The molecule has 0 amide bonds. The summed E-state index contributed by atoms with van der Waals surface area (Å²) in [6, 6.07) is 17.5. The van der Waals surface area contributed by atoms with Gasteiger partial charge in [0.2, 0.25) is 11.0 Å². The van der Waals surface area contributed by atoms with Gasteiger partial charge in [-0.2, -0.15) is 4.57 Å². The third-order valence-electron chi connectivity index (χ3n) is 5.68. The number of Topliss-reactive ketones (excluding diaryl/α,β-unsaturated/α-hetero) is 1. The van der Waals surface area contributed by atoms with Crippen LogP contribution in [0.5, 0.6) is 11.5 Å². The number of ether oxygens (including phenoxy) is 2. The van der Waals surface area contributed by atoms with Crippen molar-refractivity contribution in [3.63, 3.8) is 0 Å². The first-order chi connectivity index (χ1) is 15.0. The van der Waals surface area contributed by atoms with E-state index in [0.717, 1.165) is 32.9 Å². The number of hydrogen-bond donors (Lipinski definition) is 2. The van der Waals surface area contributed by atoms with Crippen molar-refractivity contribution in [3.05, 3.63) is 60.2 Å². The number of aryl methyl sites for hydroxylation is 1. The van der Waals surface area contributed by atoms with Crippen molar-refractivity contribution < 1.29 is 18.8 Å². The molecule has 4 aromatic rings. The number of nitrogens with zero attached hydrogens (tertiary/aromatic N) is 1. The highest BCUT2D eigenvalue weighted by molar-refractivity contribution is 6.17. The molecule has 3 aromatic carbocycles. The minimum absolute atomic E-state index is 0.00556. The van der Waals surface area contributed by atoms with Gasteiger partial charge in [0.15, 0.2) is 5.78 Å². The molecule has 31 heavy (non-hydrogen) atoms. The topological polar surface area (TPSA) is 91.5 Å². The molecule has 0 fully saturated rings. The lowest BCUT2D eigenvalue weighted by Gasteiger charge is -2.17. The van der Waals surface area contributed by atoms with Gasteiger partial charge in [-0.1, -0.05) is 24.3 Å². The highest BCUT2D eigenvalue weighted by Gasteiger charge is 2.26. The minimum Gasteiger partial charge on any atom is -0.496 e. The summed E-state index contributed by atoms with van der Waals surface area (Å²) in [6.45, 7) is 0.295. The lowest BCUT2D eigenvalue weighted by molar-refractivity contribution is -0.617. The number of fused-ring (bicyclic) bond motifs is 2. The molecule has 158 valence electrons. The Morgan fingerprint density at radius 1 is 0.968 bits per heavy atom. The van der Waals surface area contributed by atoms with Crippen LogP contribution in [0, 0.1) is 0 Å². The fraction of sp³-hybridized carbons (Fsp3) is 0.200. The zero-order chi connectivity index (χ0) is 22.1. The predicted molar refractivity (Wildman–Crippen MR) is 124 cm³/mol. The molecule has 0 aliphatic rings. The molecule has 6 nitrogen and oxygen atoms in total. The quantitative estimate of drug-likeness (QED) is 0.217. The highest BCUT2D eigenvalue weighted by atomic mass is 16.5. The first-order valence-corrected chi connectivity index (χ1v) is 10.1. The molecule has 4 rings (SSSR count). The number of ketones is 1. The van der Waals surface area contributed by atoms with Crippen LogP contribution in [0.4, 0.5) is 5.69 Å². The number of carbonyl (C=O) groups excluding carboxylic acids is 1. The standard InChI is InChI=1S/C25H25N3O3/c1-28-19-9-5-4-7-15(19)24(17-13-23(31-3)18(27)14-22(17)30-2)25-16(21(29)11-12-26)8-6-10-20(25)28/h4-10,13-14,27H,11-12,26H2,1-3H3/p+1. The van der Waals surface area contributed by atoms with Crippen molar-refractivity contribution in [1.82, 2.24) is 0 Å². The SMILES string of the molecule is COc1cc(-c2c3ccccc3[n+](C)c3cccc(C(=O)CCN)c23)c(OC)cc1N. The van der Waals surface area contributed by atoms with Crippen LogP contribution in [-0.4, -0.2) is 26.5 Å². The fourth-order valence-corrected chi connectivity index (χ4v) is 4.22. The second kappa shape index (κ2) is 8.24. The summed E-state index contributed by atoms with van der Waals surface area (Å²) in [5.41, 5.74) is 16.7. The van der Waals surface area contributed by atoms with Crippen LogP contribution < -0.4 is 25.5 Å². The van der Waals surface area contributed by atoms with E-state index in [0.29, 0.717) is 29.3 Å². The Hall–Kier alpha value is -3.64. The van der Waals surface area contributed by atoms with E-state index >= 15 is 0 Å². The Labute approximate surface area is 181 Å². The van der Waals surface area contributed by atoms with E-state index in [2.05, 4.69) is 16.7 Å². The number of carbonyl (C=O) groups is 1. The normalized spacial score (nSPS) is 11.1. The summed E-state index contributed by atoms with van der Waals surface area (Å²) < 4.78 is 13.3. The summed E-state index contributed by atoms with van der Waals surface area (Å²) in [5, 5.41) is 1.85. The van der Waals surface area contributed by atoms with E-state index in [1.165, 1.54) is 0 Å². The Morgan fingerprint density at radius 3 is 2.39 bits per heavy atom. The predicted octanol–water partition coefficient (Wildman–Crippen LogP) is 3.62. The highest BCUT2D eigenvalue weighted by Crippen LogP contribution is 2.43. The van der Waals surface area contributed by atoms with Crippen molar-refractivity contribution in [2.45, 2.75) is 6.42 Å². The van der Waals surface area contributed by atoms with Gasteiger partial charge in [0, 0.05) is 41.3 Å². The summed E-state index contributed by atoms with van der Waals surface area (Å²) >= 11 is 0. The molecule has 0 unspecified atom stereocenters. The number of anilines is 1. The molecule has 0 bridgehead atoms. The molecular weight excluding hydrogens is 390 g/mol. The van der Waals surface area contributed by atoms with Crippen LogP contribution in [0.15, 0.2) is 54.6 Å². The van der Waals surface area contributed by atoms with E-state index in [9.17, 15) is 4.79 Å². The lowest BCUT2D eigenvalue weighted by atomic mass is 9.90. The van der Waals surface area contributed by atoms with Crippen molar-refractivity contribution >= 4 is 33.3 Å². The fourth-order valence-electron chi connectivity index (χ4n) is 4.22. The van der Waals surface area contributed by atoms with Gasteiger partial charge in [-0.25, -0.2) is 0 Å². The Morgan fingerprint density at radius 2 is 1.68 bits per heavy atom. The number of pyridine rings is 1. The molecule has 0 radical (unpaired) electrons. The van der Waals surface area contributed by atoms with E-state index in [1.807, 2.05) is 43.4 Å². The Balaban J connectivity index is 2.25. The number of nitrogen functional groups attached to an aromatic ring is 1. The second-order valence-corrected chi connectivity index (χ2v) is 7.41. The van der Waals surface area contributed by atoms with Crippen molar-refractivity contribution in [2.24, 2.45) is 12.8 Å². The molecule has 0 aliphatic heterocycles. The van der Waals surface area contributed by atoms with Gasteiger partial charge in [0.05, 0.1) is 30.7 Å². The van der Waals surface area contributed by atoms with Crippen molar-refractivity contribution in [2.75, 3.05) is 26.5 Å². The number of hydrogen-bond acceptors (Lipinski definition) is 5. The maximum absolute atomic E-state index is 13.1. The second-order valence-electron chi connectivity index (χ2n) is 7.41. The van der Waals surface area contributed by atoms with Crippen LogP contribution >= 0.6 is 0 Å². The van der Waals surface area contributed by atoms with E-state index in [-0.39, 0.29) is 12.2 Å². The largest absolute Gasteiger partial charge is 0.496 e. The van der Waals surface area contributed by atoms with Crippen molar-refractivity contribution in [3.8, 4) is 22.6 Å². The van der Waals surface area contributed by atoms with Gasteiger partial charge in [-0.15, -0.1) is 0 Å². The average Bonchev–Trinajstić information content (AvgIpc) is 2.79. The molecule has 1 aromatic heterocycles. The maximum Gasteiger partial charge on any atom is 0.214 e. The van der Waals surface area contributed by atoms with Gasteiger partial charge in [-0.05, 0) is 18.7 Å². The van der Waals surface area contributed by atoms with Gasteiger partial charge >= 0.3 is 0 Å². The summed E-state index contributed by atoms with van der Waals surface area (Å²) in [6.07, 6.45) is 0.275. The molecule has 6 heteroatoms. The molecule has 1 heterocycles. The van der Waals surface area contributed by atoms with Crippen LogP contribution in [-0.2, 0) is 7.05 Å². The molecule has 0 spiro atoms. The summed E-state index contributed by atoms with van der Waals surface area (Å²) in [4.78, 5) is 13.1. The maximum atomic E-state index is 13.1. The average molecular weight is 417 g/mol. The van der Waals surface area contributed by atoms with Gasteiger partial charge in [-0.3, -0.25) is 4.79 Å². The van der Waals surface area contributed by atoms with Gasteiger partial charge < -0.3 is 20.9 Å². The molecule has 0 saturated heterocycles. The third kappa shape index (κ3) is 3.35. The van der Waals surface area contributed by atoms with E-state index in [4.69, 9.17) is 20.9 Å². The molecule has 0 atom stereocenters. The third-order valence-corrected chi connectivity index (χ3v) is 5.68. The molecule has 0 saturated carbocycles. The first-order valence-electron chi connectivity index (χ1n) is 10.1.